The third-order valence-electron chi connectivity index (χ3n) is 6.68. The highest BCUT2D eigenvalue weighted by Gasteiger charge is 2.37. The molecule has 0 saturated carbocycles. The zero-order valence-corrected chi connectivity index (χ0v) is 22.4. The summed E-state index contributed by atoms with van der Waals surface area (Å²) < 4.78 is 13.7. The second-order valence-electron chi connectivity index (χ2n) is 9.70. The highest BCUT2D eigenvalue weighted by atomic mass is 16.7. The Morgan fingerprint density at radius 3 is 2.35 bits per heavy atom. The number of nitrogens with zero attached hydrogens (tertiary/aromatic N) is 6. The van der Waals surface area contributed by atoms with E-state index in [1.807, 2.05) is 22.9 Å². The van der Waals surface area contributed by atoms with Crippen molar-refractivity contribution in [2.75, 3.05) is 14.2 Å². The van der Waals surface area contributed by atoms with Crippen LogP contribution in [0, 0.1) is 5.92 Å². The summed E-state index contributed by atoms with van der Waals surface area (Å²) in [7, 11) is 3.33. The van der Waals surface area contributed by atoms with Gasteiger partial charge in [0.25, 0.3) is 0 Å². The Kier molecular flexibility index (Phi) is 8.78. The van der Waals surface area contributed by atoms with Gasteiger partial charge >= 0.3 is 0 Å². The molecule has 0 bridgehead atoms. The molecule has 0 saturated heterocycles. The number of hydrogen-bond donors (Lipinski definition) is 1. The van der Waals surface area contributed by atoms with Crippen LogP contribution in [0.15, 0.2) is 48.5 Å². The smallest absolute Gasteiger partial charge is 0.231 e. The normalized spacial score (nSPS) is 11.9. The second kappa shape index (κ2) is 12.2. The molecule has 0 fully saturated rings. The number of aromatic nitrogens is 7. The van der Waals surface area contributed by atoms with Crippen LogP contribution < -0.4 is 0 Å². The van der Waals surface area contributed by atoms with Crippen molar-refractivity contribution in [3.05, 3.63) is 65.7 Å². The van der Waals surface area contributed by atoms with Crippen LogP contribution in [0.4, 0.5) is 0 Å². The predicted octanol–water partition coefficient (Wildman–Crippen LogP) is 5.40. The van der Waals surface area contributed by atoms with Gasteiger partial charge in [0.05, 0.1) is 6.54 Å². The molecule has 0 aliphatic rings. The number of methoxy groups -OCH3 is 2. The largest absolute Gasteiger partial charge is 0.347 e. The first-order chi connectivity index (χ1) is 18.0. The van der Waals surface area contributed by atoms with Gasteiger partial charge in [0.2, 0.25) is 11.6 Å². The van der Waals surface area contributed by atoms with Gasteiger partial charge in [0, 0.05) is 32.6 Å². The van der Waals surface area contributed by atoms with Crippen molar-refractivity contribution in [2.24, 2.45) is 5.92 Å². The van der Waals surface area contributed by atoms with E-state index in [0.717, 1.165) is 53.8 Å². The first-order valence-corrected chi connectivity index (χ1v) is 13.0. The van der Waals surface area contributed by atoms with Gasteiger partial charge in [-0.25, -0.2) is 14.8 Å². The summed E-state index contributed by atoms with van der Waals surface area (Å²) in [4.78, 5) is 4.93. The molecular weight excluding hydrogens is 466 g/mol. The lowest BCUT2D eigenvalue weighted by Gasteiger charge is -2.27. The predicted molar refractivity (Wildman–Crippen MR) is 143 cm³/mol. The fourth-order valence-corrected chi connectivity index (χ4v) is 4.43. The van der Waals surface area contributed by atoms with Crippen LogP contribution in [0.25, 0.3) is 22.5 Å². The Labute approximate surface area is 218 Å². The van der Waals surface area contributed by atoms with E-state index in [4.69, 9.17) is 19.6 Å². The van der Waals surface area contributed by atoms with E-state index in [2.05, 4.69) is 71.7 Å². The average Bonchev–Trinajstić information content (AvgIpc) is 3.60. The molecular formula is C28H37N7O2. The standard InChI is InChI=1S/C28H37N7O2/c1-6-7-18-28(36-4,37-5)27-29-25(17-12-20(2)3)35(32-27)19-21-13-15-22(16-14-21)23-10-8-9-11-24(23)26-30-33-34-31-26/h8-11,13-16,20H,6-7,12,17-19H2,1-5H3,(H,30,31,33,34). The Hall–Kier alpha value is -3.43. The number of tetrazole rings is 1. The number of H-pyrrole nitrogens is 1. The van der Waals surface area contributed by atoms with Gasteiger partial charge in [-0.2, -0.15) is 0 Å². The zero-order valence-electron chi connectivity index (χ0n) is 22.4. The van der Waals surface area contributed by atoms with Crippen molar-refractivity contribution in [1.29, 1.82) is 0 Å². The van der Waals surface area contributed by atoms with Gasteiger partial charge < -0.3 is 9.47 Å². The number of aromatic amines is 1. The van der Waals surface area contributed by atoms with E-state index < -0.39 is 5.79 Å². The van der Waals surface area contributed by atoms with E-state index in [1.54, 1.807) is 14.2 Å². The SMILES string of the molecule is CCCCC(OC)(OC)c1nc(CCC(C)C)n(Cc2ccc(-c3ccccc3-c3nnn[nH]3)cc2)n1. The Balaban J connectivity index is 1.62. The maximum Gasteiger partial charge on any atom is 0.231 e. The van der Waals surface area contributed by atoms with Crippen LogP contribution in [0.3, 0.4) is 0 Å². The molecule has 4 rings (SSSR count). The number of rotatable bonds is 13. The molecule has 0 aliphatic heterocycles. The number of unbranched alkanes of at least 4 members (excludes halogenated alkanes) is 1. The summed E-state index contributed by atoms with van der Waals surface area (Å²) in [6.45, 7) is 7.22. The lowest BCUT2D eigenvalue weighted by molar-refractivity contribution is -0.226. The molecule has 2 heterocycles. The topological polar surface area (TPSA) is 104 Å². The molecule has 0 amide bonds. The fourth-order valence-electron chi connectivity index (χ4n) is 4.43. The first-order valence-electron chi connectivity index (χ1n) is 13.0. The number of benzene rings is 2. The molecule has 0 atom stereocenters. The maximum absolute atomic E-state index is 5.85. The van der Waals surface area contributed by atoms with Crippen molar-refractivity contribution in [3.8, 4) is 22.5 Å². The van der Waals surface area contributed by atoms with Crippen molar-refractivity contribution in [3.63, 3.8) is 0 Å². The minimum Gasteiger partial charge on any atom is -0.347 e. The monoisotopic (exact) mass is 503 g/mol. The molecule has 0 aliphatic carbocycles. The molecule has 1 N–H and O–H groups in total. The highest BCUT2D eigenvalue weighted by molar-refractivity contribution is 5.80. The molecule has 9 heteroatoms. The molecule has 37 heavy (non-hydrogen) atoms. The lowest BCUT2D eigenvalue weighted by atomic mass is 9.98. The van der Waals surface area contributed by atoms with Gasteiger partial charge in [-0.1, -0.05) is 75.7 Å². The average molecular weight is 504 g/mol. The van der Waals surface area contributed by atoms with Crippen LogP contribution in [0.5, 0.6) is 0 Å². The summed E-state index contributed by atoms with van der Waals surface area (Å²) in [6.07, 6.45) is 4.59. The number of nitrogens with one attached hydrogen (secondary N) is 1. The summed E-state index contributed by atoms with van der Waals surface area (Å²) in [5, 5.41) is 19.3. The van der Waals surface area contributed by atoms with Gasteiger partial charge in [0.1, 0.15) is 5.82 Å². The second-order valence-corrected chi connectivity index (χ2v) is 9.70. The number of hydrogen-bond acceptors (Lipinski definition) is 7. The van der Waals surface area contributed by atoms with Crippen molar-refractivity contribution < 1.29 is 9.47 Å². The van der Waals surface area contributed by atoms with E-state index in [1.165, 1.54) is 0 Å². The van der Waals surface area contributed by atoms with Gasteiger partial charge in [-0.05, 0) is 45.9 Å². The van der Waals surface area contributed by atoms with Gasteiger partial charge in [-0.3, -0.25) is 0 Å². The summed E-state index contributed by atoms with van der Waals surface area (Å²) >= 11 is 0. The third-order valence-corrected chi connectivity index (χ3v) is 6.68. The van der Waals surface area contributed by atoms with Gasteiger partial charge in [0.15, 0.2) is 5.82 Å². The number of ether oxygens (including phenoxy) is 2. The minimum absolute atomic E-state index is 0.571. The summed E-state index contributed by atoms with van der Waals surface area (Å²) in [6, 6.07) is 16.6. The highest BCUT2D eigenvalue weighted by Crippen LogP contribution is 2.31. The molecule has 0 radical (unpaired) electrons. The Bertz CT molecular complexity index is 1250. The van der Waals surface area contributed by atoms with E-state index >= 15 is 0 Å². The van der Waals surface area contributed by atoms with Crippen molar-refractivity contribution >= 4 is 0 Å². The van der Waals surface area contributed by atoms with E-state index in [9.17, 15) is 0 Å². The van der Waals surface area contributed by atoms with Crippen LogP contribution in [-0.4, -0.2) is 49.6 Å². The molecule has 2 aromatic carbocycles. The van der Waals surface area contributed by atoms with Gasteiger partial charge in [-0.15, -0.1) is 10.2 Å². The summed E-state index contributed by atoms with van der Waals surface area (Å²) in [5.41, 5.74) is 4.25. The first kappa shape index (κ1) is 26.6. The molecule has 0 spiro atoms. The molecule has 4 aromatic rings. The third kappa shape index (κ3) is 6.11. The Morgan fingerprint density at radius 1 is 1.00 bits per heavy atom. The fraction of sp³-hybridized carbons (Fsp3) is 0.464. The quantitative estimate of drug-likeness (QED) is 0.244. The zero-order chi connectivity index (χ0) is 26.3. The number of aryl methyl sites for hydroxylation is 1. The molecule has 9 nitrogen and oxygen atoms in total. The van der Waals surface area contributed by atoms with Crippen LogP contribution in [0.2, 0.25) is 0 Å². The van der Waals surface area contributed by atoms with Crippen LogP contribution in [-0.2, 0) is 28.2 Å². The molecule has 196 valence electrons. The van der Waals surface area contributed by atoms with Crippen LogP contribution in [0.1, 0.15) is 63.7 Å². The summed E-state index contributed by atoms with van der Waals surface area (Å²) in [5.74, 6) is 1.83. The minimum atomic E-state index is -0.934. The van der Waals surface area contributed by atoms with E-state index in [0.29, 0.717) is 30.5 Å². The molecule has 2 aromatic heterocycles. The molecule has 0 unspecified atom stereocenters. The Morgan fingerprint density at radius 2 is 1.73 bits per heavy atom. The maximum atomic E-state index is 5.85. The van der Waals surface area contributed by atoms with Crippen molar-refractivity contribution in [1.82, 2.24) is 35.4 Å². The van der Waals surface area contributed by atoms with Crippen LogP contribution >= 0.6 is 0 Å². The van der Waals surface area contributed by atoms with Crippen molar-refractivity contribution in [2.45, 2.75) is 65.2 Å². The lowest BCUT2D eigenvalue weighted by Crippen LogP contribution is -2.32. The van der Waals surface area contributed by atoms with E-state index in [-0.39, 0.29) is 0 Å².